The average Bonchev–Trinajstić information content (AvgIpc) is 4.01. The quantitative estimate of drug-likeness (QED) is 0.112. The minimum Gasteiger partial charge on any atom is -0.336 e. The minimum absolute atomic E-state index is 0.294. The largest absolute Gasteiger partial charge is 0.336 e. The molecule has 3 unspecified atom stereocenters. The highest BCUT2D eigenvalue weighted by molar-refractivity contribution is 7.19. The summed E-state index contributed by atoms with van der Waals surface area (Å²) in [5, 5.41) is 8.02. The molecule has 0 amide bonds. The number of aromatic nitrogens is 1. The molecule has 2 aliphatic heterocycles. The van der Waals surface area contributed by atoms with E-state index in [0.717, 1.165) is 23.5 Å². The Bertz CT molecular complexity index is 3210. The lowest BCUT2D eigenvalue weighted by molar-refractivity contribution is 0.689. The van der Waals surface area contributed by atoms with Gasteiger partial charge in [0.05, 0.1) is 17.1 Å². The van der Waals surface area contributed by atoms with Crippen LogP contribution in [0, 0.1) is 0 Å². The third-order valence-corrected chi connectivity index (χ3v) is 19.1. The van der Waals surface area contributed by atoms with Crippen LogP contribution in [0.4, 0.5) is 22.7 Å². The molecule has 0 spiro atoms. The Morgan fingerprint density at radius 2 is 0.984 bits per heavy atom. The van der Waals surface area contributed by atoms with Crippen molar-refractivity contribution in [2.75, 3.05) is 9.80 Å². The molecule has 304 valence electrons. The SMILES string of the molecule is C1=CCC2C(=C1)N1c3c2cc(N(c2ccc(-n4c5ccccc5c5ccccc54)cc2)c2ccc([Si](c4ccccc4)(c4ccccc4)c4ccccc4)cc2)cc3C2C=CC=CC21. The molecule has 0 fully saturated rings. The van der Waals surface area contributed by atoms with Gasteiger partial charge in [0.15, 0.2) is 8.07 Å². The zero-order chi connectivity index (χ0) is 42.2. The summed E-state index contributed by atoms with van der Waals surface area (Å²) >= 11 is 0. The van der Waals surface area contributed by atoms with E-state index in [9.17, 15) is 0 Å². The maximum Gasteiger partial charge on any atom is 0.179 e. The molecule has 13 rings (SSSR count). The first-order valence-corrected chi connectivity index (χ1v) is 24.6. The molecule has 9 aromatic rings. The van der Waals surface area contributed by atoms with E-state index in [-0.39, 0.29) is 0 Å². The van der Waals surface area contributed by atoms with E-state index in [4.69, 9.17) is 0 Å². The molecule has 4 heteroatoms. The molecule has 0 saturated heterocycles. The summed E-state index contributed by atoms with van der Waals surface area (Å²) in [5.41, 5.74) is 12.7. The van der Waals surface area contributed by atoms with E-state index < -0.39 is 8.07 Å². The molecule has 0 saturated carbocycles. The third kappa shape index (κ3) is 5.45. The van der Waals surface area contributed by atoms with Crippen LogP contribution < -0.4 is 30.5 Å². The van der Waals surface area contributed by atoms with Gasteiger partial charge in [0.2, 0.25) is 0 Å². The predicted molar refractivity (Wildman–Crippen MR) is 271 cm³/mol. The van der Waals surface area contributed by atoms with Crippen LogP contribution in [-0.2, 0) is 0 Å². The Hall–Kier alpha value is -7.66. The Labute approximate surface area is 375 Å². The molecule has 2 aliphatic carbocycles. The van der Waals surface area contributed by atoms with Crippen LogP contribution >= 0.6 is 0 Å². The van der Waals surface area contributed by atoms with Gasteiger partial charge in [0.25, 0.3) is 0 Å². The summed E-state index contributed by atoms with van der Waals surface area (Å²) < 4.78 is 2.41. The average molecular weight is 836 g/mol. The summed E-state index contributed by atoms with van der Waals surface area (Å²) in [6.07, 6.45) is 17.3. The zero-order valence-electron chi connectivity index (χ0n) is 35.4. The molecule has 0 N–H and O–H groups in total. The van der Waals surface area contributed by atoms with E-state index in [1.165, 1.54) is 70.8 Å². The van der Waals surface area contributed by atoms with Crippen molar-refractivity contribution < 1.29 is 0 Å². The number of nitrogens with zero attached hydrogens (tertiary/aromatic N) is 3. The second kappa shape index (κ2) is 14.7. The summed E-state index contributed by atoms with van der Waals surface area (Å²) in [6.45, 7) is 0. The molecular formula is C60H45N3Si. The summed E-state index contributed by atoms with van der Waals surface area (Å²) in [4.78, 5) is 5.15. The molecule has 0 bridgehead atoms. The number of fused-ring (bicyclic) bond motifs is 9. The number of benzene rings is 8. The maximum atomic E-state index is 2.65. The van der Waals surface area contributed by atoms with Crippen molar-refractivity contribution in [3.05, 3.63) is 260 Å². The number of hydrogen-bond donors (Lipinski definition) is 0. The number of hydrogen-bond acceptors (Lipinski definition) is 2. The van der Waals surface area contributed by atoms with Crippen molar-refractivity contribution >= 4 is 73.4 Å². The van der Waals surface area contributed by atoms with E-state index >= 15 is 0 Å². The summed E-state index contributed by atoms with van der Waals surface area (Å²) in [5.74, 6) is 0.637. The van der Waals surface area contributed by atoms with Crippen LogP contribution in [0.2, 0.25) is 0 Å². The van der Waals surface area contributed by atoms with Gasteiger partial charge in [0, 0.05) is 56.7 Å². The van der Waals surface area contributed by atoms with Gasteiger partial charge in [-0.05, 0) is 105 Å². The summed E-state index contributed by atoms with van der Waals surface area (Å²) in [6, 6.07) is 75.4. The normalized spacial score (nSPS) is 18.0. The molecule has 3 heterocycles. The molecule has 8 aromatic carbocycles. The van der Waals surface area contributed by atoms with Gasteiger partial charge < -0.3 is 14.4 Å². The molecule has 4 aliphatic rings. The van der Waals surface area contributed by atoms with Gasteiger partial charge in [-0.15, -0.1) is 0 Å². The summed E-state index contributed by atoms with van der Waals surface area (Å²) in [7, 11) is -2.72. The van der Waals surface area contributed by atoms with Crippen molar-refractivity contribution in [2.45, 2.75) is 24.3 Å². The van der Waals surface area contributed by atoms with Crippen LogP contribution in [-0.4, -0.2) is 18.7 Å². The lowest BCUT2D eigenvalue weighted by Crippen LogP contribution is -2.74. The lowest BCUT2D eigenvalue weighted by Gasteiger charge is -2.35. The van der Waals surface area contributed by atoms with Gasteiger partial charge >= 0.3 is 0 Å². The first-order chi connectivity index (χ1) is 31.8. The van der Waals surface area contributed by atoms with Crippen molar-refractivity contribution in [3.63, 3.8) is 0 Å². The fourth-order valence-electron chi connectivity index (χ4n) is 11.6. The van der Waals surface area contributed by atoms with Crippen LogP contribution in [0.3, 0.4) is 0 Å². The number of allylic oxidation sites excluding steroid dienone is 6. The number of rotatable bonds is 8. The van der Waals surface area contributed by atoms with Crippen LogP contribution in [0.15, 0.2) is 248 Å². The second-order valence-corrected chi connectivity index (χ2v) is 21.4. The van der Waals surface area contributed by atoms with E-state index in [1.807, 2.05) is 0 Å². The Morgan fingerprint density at radius 3 is 1.59 bits per heavy atom. The third-order valence-electron chi connectivity index (χ3n) is 14.3. The Kier molecular flexibility index (Phi) is 8.50. The Morgan fingerprint density at radius 1 is 0.469 bits per heavy atom. The molecular weight excluding hydrogens is 791 g/mol. The fraction of sp³-hybridized carbons (Fsp3) is 0.0667. The first-order valence-electron chi connectivity index (χ1n) is 22.6. The molecule has 64 heavy (non-hydrogen) atoms. The van der Waals surface area contributed by atoms with Crippen LogP contribution in [0.25, 0.3) is 27.5 Å². The van der Waals surface area contributed by atoms with E-state index in [2.05, 4.69) is 257 Å². The molecule has 1 aromatic heterocycles. The molecule has 3 nitrogen and oxygen atoms in total. The highest BCUT2D eigenvalue weighted by Gasteiger charge is 2.48. The van der Waals surface area contributed by atoms with E-state index in [0.29, 0.717) is 17.9 Å². The fourth-order valence-corrected chi connectivity index (χ4v) is 16.4. The highest BCUT2D eigenvalue weighted by atomic mass is 28.3. The highest BCUT2D eigenvalue weighted by Crippen LogP contribution is 2.59. The van der Waals surface area contributed by atoms with Crippen LogP contribution in [0.5, 0.6) is 0 Å². The van der Waals surface area contributed by atoms with Crippen molar-refractivity contribution in [1.82, 2.24) is 4.57 Å². The van der Waals surface area contributed by atoms with Gasteiger partial charge in [-0.25, -0.2) is 0 Å². The first kappa shape index (κ1) is 36.9. The molecule has 0 radical (unpaired) electrons. The predicted octanol–water partition coefficient (Wildman–Crippen LogP) is 12.0. The van der Waals surface area contributed by atoms with Gasteiger partial charge in [-0.3, -0.25) is 0 Å². The van der Waals surface area contributed by atoms with Crippen LogP contribution in [0.1, 0.15) is 29.4 Å². The standard InChI is InChI=1S/C60H45N3Si/c1-4-18-46(19-5-1)64(47-20-6-2-7-21-47,48-22-8-3-9-23-48)49-38-36-43(37-39-49)61(42-32-34-44(35-33-42)62-56-28-14-10-24-50(56)51-25-11-15-29-57(51)62)45-40-54-52-26-12-16-30-58(52)63-59-31-17-13-27-53(59)55(41-45)60(54)63/h1-26,28-41,52-53,58H,27H2. The molecule has 3 atom stereocenters. The van der Waals surface area contributed by atoms with Crippen molar-refractivity contribution in [2.24, 2.45) is 0 Å². The van der Waals surface area contributed by atoms with Gasteiger partial charge in [0.1, 0.15) is 0 Å². The Balaban J connectivity index is 1.01. The number of anilines is 4. The van der Waals surface area contributed by atoms with Crippen molar-refractivity contribution in [1.29, 1.82) is 0 Å². The van der Waals surface area contributed by atoms with Gasteiger partial charge in [-0.1, -0.05) is 176 Å². The monoisotopic (exact) mass is 835 g/mol. The van der Waals surface area contributed by atoms with Gasteiger partial charge in [-0.2, -0.15) is 0 Å². The maximum absolute atomic E-state index is 2.72. The smallest absolute Gasteiger partial charge is 0.179 e. The van der Waals surface area contributed by atoms with E-state index in [1.54, 1.807) is 0 Å². The topological polar surface area (TPSA) is 11.4 Å². The second-order valence-electron chi connectivity index (χ2n) is 17.6. The minimum atomic E-state index is -2.72. The van der Waals surface area contributed by atoms with Crippen molar-refractivity contribution in [3.8, 4) is 5.69 Å². The zero-order valence-corrected chi connectivity index (χ0v) is 36.4. The number of para-hydroxylation sites is 2. The lowest BCUT2D eigenvalue weighted by atomic mass is 9.84.